The molecule has 2 unspecified atom stereocenters. The molecule has 1 saturated carbocycles. The van der Waals surface area contributed by atoms with Gasteiger partial charge in [-0.2, -0.15) is 0 Å². The second-order valence-electron chi connectivity index (χ2n) is 5.02. The number of nitrogens with zero attached hydrogens (tertiary/aromatic N) is 1. The smallest absolute Gasteiger partial charge is 0.0892 e. The number of methoxy groups -OCH3 is 1. The van der Waals surface area contributed by atoms with E-state index in [-0.39, 0.29) is 0 Å². The van der Waals surface area contributed by atoms with Crippen molar-refractivity contribution in [2.45, 2.75) is 51.4 Å². The molecule has 1 aliphatic carbocycles. The second-order valence-corrected chi connectivity index (χ2v) is 5.02. The summed E-state index contributed by atoms with van der Waals surface area (Å²) >= 11 is 0. The highest BCUT2D eigenvalue weighted by atomic mass is 16.5. The number of anilines is 1. The van der Waals surface area contributed by atoms with Crippen LogP contribution in [0.3, 0.4) is 0 Å². The first kappa shape index (κ1) is 14.3. The topological polar surface area (TPSA) is 43.4 Å². The van der Waals surface area contributed by atoms with Crippen molar-refractivity contribution in [3.63, 3.8) is 0 Å². The molecule has 0 amide bonds. The number of rotatable bonds is 6. The maximum Gasteiger partial charge on any atom is 0.0892 e. The molecule has 2 rings (SSSR count). The third kappa shape index (κ3) is 4.48. The van der Waals surface area contributed by atoms with Gasteiger partial charge in [-0.05, 0) is 44.7 Å². The van der Waals surface area contributed by atoms with Crippen LogP contribution in [0.4, 0.5) is 5.69 Å². The minimum Gasteiger partial charge on any atom is -0.385 e. The van der Waals surface area contributed by atoms with E-state index in [1.807, 2.05) is 12.3 Å². The van der Waals surface area contributed by atoms with E-state index in [9.17, 15) is 0 Å². The normalized spacial score (nSPS) is 23.3. The van der Waals surface area contributed by atoms with Crippen LogP contribution in [0.2, 0.25) is 0 Å². The van der Waals surface area contributed by atoms with Crippen LogP contribution < -0.4 is 5.32 Å². The van der Waals surface area contributed by atoms with Crippen LogP contribution in [0.5, 0.6) is 0 Å². The quantitative estimate of drug-likeness (QED) is 0.858. The molecule has 4 heteroatoms. The van der Waals surface area contributed by atoms with Gasteiger partial charge >= 0.3 is 0 Å². The highest BCUT2D eigenvalue weighted by molar-refractivity contribution is 5.42. The monoisotopic (exact) mass is 264 g/mol. The summed E-state index contributed by atoms with van der Waals surface area (Å²) in [5.74, 6) is 0. The lowest BCUT2D eigenvalue weighted by molar-refractivity contribution is -0.0371. The predicted octanol–water partition coefficient (Wildman–Crippen LogP) is 2.99. The van der Waals surface area contributed by atoms with E-state index in [1.54, 1.807) is 7.11 Å². The zero-order chi connectivity index (χ0) is 13.5. The molecule has 0 aliphatic heterocycles. The van der Waals surface area contributed by atoms with Crippen molar-refractivity contribution in [2.24, 2.45) is 0 Å². The van der Waals surface area contributed by atoms with Gasteiger partial charge in [-0.1, -0.05) is 0 Å². The molecule has 2 atom stereocenters. The van der Waals surface area contributed by atoms with Gasteiger partial charge in [-0.25, -0.2) is 0 Å². The SMILES string of the molecule is CCNc1ccnc(COC2CCCC(OC)C2)c1. The van der Waals surface area contributed by atoms with Crippen molar-refractivity contribution in [1.29, 1.82) is 0 Å². The molecule has 1 aromatic heterocycles. The highest BCUT2D eigenvalue weighted by Crippen LogP contribution is 2.23. The Bertz CT molecular complexity index is 384. The fourth-order valence-corrected chi connectivity index (χ4v) is 2.54. The molecule has 1 aromatic rings. The van der Waals surface area contributed by atoms with E-state index in [0.29, 0.717) is 18.8 Å². The molecule has 1 aliphatic rings. The van der Waals surface area contributed by atoms with Crippen molar-refractivity contribution in [3.05, 3.63) is 24.0 Å². The summed E-state index contributed by atoms with van der Waals surface area (Å²) in [6.45, 7) is 3.59. The molecule has 0 radical (unpaired) electrons. The van der Waals surface area contributed by atoms with Gasteiger partial charge < -0.3 is 14.8 Å². The molecule has 0 bridgehead atoms. The second kappa shape index (κ2) is 7.46. The lowest BCUT2D eigenvalue weighted by Crippen LogP contribution is -2.27. The van der Waals surface area contributed by atoms with Crippen LogP contribution in [0.25, 0.3) is 0 Å². The fraction of sp³-hybridized carbons (Fsp3) is 0.667. The molecule has 106 valence electrons. The summed E-state index contributed by atoms with van der Waals surface area (Å²) in [5.41, 5.74) is 2.09. The molecular weight excluding hydrogens is 240 g/mol. The Morgan fingerprint density at radius 1 is 1.37 bits per heavy atom. The van der Waals surface area contributed by atoms with Crippen molar-refractivity contribution in [3.8, 4) is 0 Å². The number of nitrogens with one attached hydrogen (secondary N) is 1. The standard InChI is InChI=1S/C15H24N2O2/c1-3-16-12-7-8-17-13(9-12)11-19-15-6-4-5-14(10-15)18-2/h7-9,14-15H,3-6,10-11H2,1-2H3,(H,16,17). The number of ether oxygens (including phenoxy) is 2. The van der Waals surface area contributed by atoms with Crippen molar-refractivity contribution >= 4 is 5.69 Å². The van der Waals surface area contributed by atoms with Crippen molar-refractivity contribution < 1.29 is 9.47 Å². The summed E-state index contributed by atoms with van der Waals surface area (Å²) < 4.78 is 11.4. The molecule has 1 heterocycles. The fourth-order valence-electron chi connectivity index (χ4n) is 2.54. The lowest BCUT2D eigenvalue weighted by atomic mass is 9.95. The van der Waals surface area contributed by atoms with Gasteiger partial charge in [0.1, 0.15) is 0 Å². The molecule has 0 saturated heterocycles. The number of aromatic nitrogens is 1. The molecule has 0 aromatic carbocycles. The Labute approximate surface area is 115 Å². The van der Waals surface area contributed by atoms with Gasteiger partial charge in [0, 0.05) is 25.5 Å². The predicted molar refractivity (Wildman–Crippen MR) is 76.2 cm³/mol. The summed E-state index contributed by atoms with van der Waals surface area (Å²) in [4.78, 5) is 4.35. The molecule has 1 N–H and O–H groups in total. The largest absolute Gasteiger partial charge is 0.385 e. The van der Waals surface area contributed by atoms with E-state index >= 15 is 0 Å². The van der Waals surface area contributed by atoms with Gasteiger partial charge in [-0.3, -0.25) is 4.98 Å². The lowest BCUT2D eigenvalue weighted by Gasteiger charge is -2.28. The third-order valence-electron chi connectivity index (χ3n) is 3.58. The van der Waals surface area contributed by atoms with Crippen LogP contribution in [-0.2, 0) is 16.1 Å². The van der Waals surface area contributed by atoms with Gasteiger partial charge in [0.25, 0.3) is 0 Å². The van der Waals surface area contributed by atoms with E-state index in [2.05, 4.69) is 23.3 Å². The van der Waals surface area contributed by atoms with E-state index in [1.165, 1.54) is 6.42 Å². The molecule has 1 fully saturated rings. The van der Waals surface area contributed by atoms with Crippen LogP contribution >= 0.6 is 0 Å². The maximum atomic E-state index is 5.96. The first-order valence-electron chi connectivity index (χ1n) is 7.15. The van der Waals surface area contributed by atoms with Gasteiger partial charge in [0.2, 0.25) is 0 Å². The van der Waals surface area contributed by atoms with Crippen LogP contribution in [0, 0.1) is 0 Å². The minimum atomic E-state index is 0.309. The maximum absolute atomic E-state index is 5.96. The van der Waals surface area contributed by atoms with E-state index < -0.39 is 0 Å². The van der Waals surface area contributed by atoms with Crippen LogP contribution in [0.15, 0.2) is 18.3 Å². The highest BCUT2D eigenvalue weighted by Gasteiger charge is 2.22. The summed E-state index contributed by atoms with van der Waals surface area (Å²) in [6, 6.07) is 4.04. The average molecular weight is 264 g/mol. The van der Waals surface area contributed by atoms with Crippen LogP contribution in [-0.4, -0.2) is 30.8 Å². The minimum absolute atomic E-state index is 0.309. The Morgan fingerprint density at radius 3 is 3.00 bits per heavy atom. The molecule has 4 nitrogen and oxygen atoms in total. The number of pyridine rings is 1. The van der Waals surface area contributed by atoms with E-state index in [4.69, 9.17) is 9.47 Å². The third-order valence-corrected chi connectivity index (χ3v) is 3.58. The molecule has 0 spiro atoms. The summed E-state index contributed by atoms with van der Waals surface area (Å²) in [5, 5.41) is 3.29. The average Bonchev–Trinajstić information content (AvgIpc) is 2.46. The molecular formula is C15H24N2O2. The van der Waals surface area contributed by atoms with Crippen molar-refractivity contribution in [1.82, 2.24) is 4.98 Å². The van der Waals surface area contributed by atoms with Gasteiger partial charge in [-0.15, -0.1) is 0 Å². The Morgan fingerprint density at radius 2 is 2.21 bits per heavy atom. The summed E-state index contributed by atoms with van der Waals surface area (Å²) in [6.07, 6.45) is 6.98. The number of hydrogen-bond acceptors (Lipinski definition) is 4. The van der Waals surface area contributed by atoms with E-state index in [0.717, 1.165) is 37.2 Å². The zero-order valence-electron chi connectivity index (χ0n) is 11.9. The first-order chi connectivity index (χ1) is 9.31. The Hall–Kier alpha value is -1.13. The summed E-state index contributed by atoms with van der Waals surface area (Å²) in [7, 11) is 1.79. The Balaban J connectivity index is 1.82. The first-order valence-corrected chi connectivity index (χ1v) is 7.15. The van der Waals surface area contributed by atoms with Crippen LogP contribution in [0.1, 0.15) is 38.3 Å². The molecule has 19 heavy (non-hydrogen) atoms. The van der Waals surface area contributed by atoms with Crippen molar-refractivity contribution in [2.75, 3.05) is 19.0 Å². The van der Waals surface area contributed by atoms with Gasteiger partial charge in [0.15, 0.2) is 0 Å². The zero-order valence-corrected chi connectivity index (χ0v) is 11.9. The van der Waals surface area contributed by atoms with Gasteiger partial charge in [0.05, 0.1) is 24.5 Å². The number of hydrogen-bond donors (Lipinski definition) is 1. The Kier molecular flexibility index (Phi) is 5.61.